The Hall–Kier alpha value is -5.42. The summed E-state index contributed by atoms with van der Waals surface area (Å²) in [7, 11) is 1.63. The van der Waals surface area contributed by atoms with Crippen LogP contribution in [-0.4, -0.2) is 49.2 Å². The number of amides is 2. The first-order valence-electron chi connectivity index (χ1n) is 15.6. The van der Waals surface area contributed by atoms with Crippen LogP contribution in [-0.2, 0) is 29.0 Å². The fourth-order valence-corrected chi connectivity index (χ4v) is 6.37. The van der Waals surface area contributed by atoms with Crippen LogP contribution in [0.5, 0.6) is 5.75 Å². The van der Waals surface area contributed by atoms with Crippen LogP contribution in [0.1, 0.15) is 60.6 Å². The first-order chi connectivity index (χ1) is 22.6. The molecule has 6 rings (SSSR count). The lowest BCUT2D eigenvalue weighted by atomic mass is 9.84. The summed E-state index contributed by atoms with van der Waals surface area (Å²) in [4.78, 5) is 31.9. The number of nitrogens with one attached hydrogen (secondary N) is 3. The van der Waals surface area contributed by atoms with Crippen molar-refractivity contribution >= 4 is 33.6 Å². The summed E-state index contributed by atoms with van der Waals surface area (Å²) in [6.07, 6.45) is 5.19. The van der Waals surface area contributed by atoms with Crippen LogP contribution >= 0.6 is 0 Å². The van der Waals surface area contributed by atoms with Crippen LogP contribution in [0.3, 0.4) is 0 Å². The number of hydrogen-bond acceptors (Lipinski definition) is 6. The molecule has 0 aliphatic rings. The number of hydrogen-bond donors (Lipinski definition) is 5. The topological polar surface area (TPSA) is 170 Å². The maximum absolute atomic E-state index is 12.6. The zero-order chi connectivity index (χ0) is 33.1. The Morgan fingerprint density at radius 2 is 1.47 bits per heavy atom. The number of nitrogens with two attached hydrogens (primary N) is 2. The Bertz CT molecular complexity index is 2020. The molecule has 11 nitrogen and oxygen atoms in total. The van der Waals surface area contributed by atoms with E-state index in [1.165, 1.54) is 6.92 Å². The van der Waals surface area contributed by atoms with Gasteiger partial charge in [-0.3, -0.25) is 9.59 Å². The summed E-state index contributed by atoms with van der Waals surface area (Å²) in [5.41, 5.74) is 16.1. The third-order valence-corrected chi connectivity index (χ3v) is 8.84. The van der Waals surface area contributed by atoms with E-state index < -0.39 is 17.5 Å². The molecule has 11 heteroatoms. The quantitative estimate of drug-likeness (QED) is 0.124. The molecule has 7 N–H and O–H groups in total. The Morgan fingerprint density at radius 1 is 0.894 bits per heavy atom. The molecule has 0 saturated heterocycles. The van der Waals surface area contributed by atoms with E-state index in [1.807, 2.05) is 77.6 Å². The SMILES string of the molecule is COc1ccc(Cn2c([C@H](Cc3c[nH]c4ccccc34)CC(C)(N)C(N)=O)nnc2[C@@H](Cc2c[nH]c3ccccc23)NC(C)=O)cc1. The smallest absolute Gasteiger partial charge is 0.237 e. The van der Waals surface area contributed by atoms with Crippen molar-refractivity contribution in [3.05, 3.63) is 114 Å². The molecular weight excluding hydrogens is 592 g/mol. The van der Waals surface area contributed by atoms with Gasteiger partial charge in [0.25, 0.3) is 0 Å². The lowest BCUT2D eigenvalue weighted by Gasteiger charge is -2.27. The largest absolute Gasteiger partial charge is 0.497 e. The Morgan fingerprint density at radius 3 is 2.04 bits per heavy atom. The highest BCUT2D eigenvalue weighted by Gasteiger charge is 2.35. The normalized spacial score (nSPS) is 14.1. The zero-order valence-corrected chi connectivity index (χ0v) is 26.8. The maximum atomic E-state index is 12.6. The molecule has 0 radical (unpaired) electrons. The van der Waals surface area contributed by atoms with E-state index in [2.05, 4.69) is 27.4 Å². The Balaban J connectivity index is 1.48. The monoisotopic (exact) mass is 632 g/mol. The molecule has 0 spiro atoms. The highest BCUT2D eigenvalue weighted by molar-refractivity contribution is 5.85. The number of fused-ring (bicyclic) bond motifs is 2. The van der Waals surface area contributed by atoms with Gasteiger partial charge in [-0.15, -0.1) is 10.2 Å². The van der Waals surface area contributed by atoms with Crippen molar-refractivity contribution in [2.45, 2.75) is 57.2 Å². The second kappa shape index (κ2) is 13.1. The Kier molecular flexibility index (Phi) is 8.82. The lowest BCUT2D eigenvalue weighted by Crippen LogP contribution is -2.50. The average Bonchev–Trinajstić information content (AvgIpc) is 3.78. The molecule has 2 amide bonds. The lowest BCUT2D eigenvalue weighted by molar-refractivity contribution is -0.123. The van der Waals surface area contributed by atoms with Gasteiger partial charge in [0, 0.05) is 53.5 Å². The minimum atomic E-state index is -1.31. The molecule has 0 fully saturated rings. The summed E-state index contributed by atoms with van der Waals surface area (Å²) in [6, 6.07) is 23.4. The van der Waals surface area contributed by atoms with Crippen molar-refractivity contribution in [2.24, 2.45) is 11.5 Å². The van der Waals surface area contributed by atoms with Gasteiger partial charge in [0.2, 0.25) is 11.8 Å². The third kappa shape index (κ3) is 6.75. The predicted molar refractivity (Wildman–Crippen MR) is 182 cm³/mol. The van der Waals surface area contributed by atoms with Gasteiger partial charge in [0.15, 0.2) is 5.82 Å². The van der Waals surface area contributed by atoms with Crippen molar-refractivity contribution in [3.8, 4) is 5.75 Å². The number of methoxy groups -OCH3 is 1. The van der Waals surface area contributed by atoms with E-state index in [4.69, 9.17) is 26.4 Å². The number of ether oxygens (including phenoxy) is 1. The number of rotatable bonds is 13. The van der Waals surface area contributed by atoms with Crippen molar-refractivity contribution < 1.29 is 14.3 Å². The van der Waals surface area contributed by atoms with Gasteiger partial charge in [-0.25, -0.2) is 0 Å². The molecule has 3 atom stereocenters. The molecule has 3 heterocycles. The highest BCUT2D eigenvalue weighted by Crippen LogP contribution is 2.33. The molecule has 242 valence electrons. The molecule has 0 saturated carbocycles. The number of carbonyl (C=O) groups excluding carboxylic acids is 2. The second-order valence-corrected chi connectivity index (χ2v) is 12.4. The van der Waals surface area contributed by atoms with Crippen LogP contribution in [0.15, 0.2) is 85.2 Å². The van der Waals surface area contributed by atoms with Crippen LogP contribution in [0, 0.1) is 0 Å². The molecule has 6 aromatic rings. The van der Waals surface area contributed by atoms with E-state index in [0.717, 1.165) is 44.2 Å². The van der Waals surface area contributed by atoms with Gasteiger partial charge in [-0.05, 0) is 60.7 Å². The van der Waals surface area contributed by atoms with E-state index in [9.17, 15) is 9.59 Å². The van der Waals surface area contributed by atoms with E-state index in [1.54, 1.807) is 14.0 Å². The predicted octanol–water partition coefficient (Wildman–Crippen LogP) is 4.64. The summed E-state index contributed by atoms with van der Waals surface area (Å²) < 4.78 is 7.44. The fourth-order valence-electron chi connectivity index (χ4n) is 6.37. The van der Waals surface area contributed by atoms with Gasteiger partial charge in [-0.1, -0.05) is 48.5 Å². The van der Waals surface area contributed by atoms with E-state index in [0.29, 0.717) is 31.0 Å². The van der Waals surface area contributed by atoms with E-state index in [-0.39, 0.29) is 18.2 Å². The van der Waals surface area contributed by atoms with Gasteiger partial charge >= 0.3 is 0 Å². The Labute approximate surface area is 272 Å². The van der Waals surface area contributed by atoms with E-state index >= 15 is 0 Å². The van der Waals surface area contributed by atoms with Gasteiger partial charge in [0.1, 0.15) is 11.6 Å². The number of carbonyl (C=O) groups is 2. The van der Waals surface area contributed by atoms with Crippen LogP contribution in [0.4, 0.5) is 0 Å². The summed E-state index contributed by atoms with van der Waals surface area (Å²) in [5, 5.41) is 14.8. The summed E-state index contributed by atoms with van der Waals surface area (Å²) in [5.74, 6) is 0.854. The molecule has 3 aromatic carbocycles. The molecule has 0 aliphatic carbocycles. The number of nitrogens with zero attached hydrogens (tertiary/aromatic N) is 3. The van der Waals surface area contributed by atoms with Crippen LogP contribution in [0.25, 0.3) is 21.8 Å². The minimum absolute atomic E-state index is 0.186. The number of aromatic nitrogens is 5. The maximum Gasteiger partial charge on any atom is 0.237 e. The number of para-hydroxylation sites is 2. The number of primary amides is 1. The molecule has 1 unspecified atom stereocenters. The van der Waals surface area contributed by atoms with Crippen LogP contribution in [0.2, 0.25) is 0 Å². The first kappa shape index (κ1) is 31.6. The summed E-state index contributed by atoms with van der Waals surface area (Å²) >= 11 is 0. The van der Waals surface area contributed by atoms with Gasteiger partial charge in [0.05, 0.1) is 25.2 Å². The van der Waals surface area contributed by atoms with Crippen molar-refractivity contribution in [1.82, 2.24) is 30.0 Å². The zero-order valence-electron chi connectivity index (χ0n) is 26.8. The fraction of sp³-hybridized carbons (Fsp3) is 0.278. The van der Waals surface area contributed by atoms with Crippen LogP contribution < -0.4 is 21.5 Å². The molecule has 47 heavy (non-hydrogen) atoms. The number of aromatic amines is 2. The average molecular weight is 633 g/mol. The highest BCUT2D eigenvalue weighted by atomic mass is 16.5. The van der Waals surface area contributed by atoms with Crippen molar-refractivity contribution in [2.75, 3.05) is 7.11 Å². The number of H-pyrrole nitrogens is 2. The molecule has 3 aromatic heterocycles. The van der Waals surface area contributed by atoms with Gasteiger partial charge in [-0.2, -0.15) is 0 Å². The molecule has 0 bridgehead atoms. The van der Waals surface area contributed by atoms with Gasteiger partial charge < -0.3 is 36.1 Å². The third-order valence-electron chi connectivity index (χ3n) is 8.84. The second-order valence-electron chi connectivity index (χ2n) is 12.4. The first-order valence-corrected chi connectivity index (χ1v) is 15.6. The summed E-state index contributed by atoms with van der Waals surface area (Å²) in [6.45, 7) is 3.56. The molecular formula is C36H40N8O3. The molecule has 0 aliphatic heterocycles. The van der Waals surface area contributed by atoms with Crippen molar-refractivity contribution in [3.63, 3.8) is 0 Å². The van der Waals surface area contributed by atoms with Crippen molar-refractivity contribution in [1.29, 1.82) is 0 Å². The minimum Gasteiger partial charge on any atom is -0.497 e. The standard InChI is InChI=1S/C36H40N8O3/c1-22(45)41-32(17-26-20-40-31-11-7-5-9-29(26)31)34-43-42-33(44(34)21-23-12-14-27(47-3)15-13-23)24(18-36(2,38)35(37)46)16-25-19-39-30-10-6-4-8-28(25)30/h4-15,19-20,24,32,39-40H,16-18,21,38H2,1-3H3,(H2,37,46)(H,41,45)/t24-,32-,36?/m1/s1. The number of benzene rings is 3.